The van der Waals surface area contributed by atoms with Crippen molar-refractivity contribution in [3.05, 3.63) is 18.0 Å². The molecule has 0 saturated heterocycles. The van der Waals surface area contributed by atoms with Crippen LogP contribution in [0.25, 0.3) is 0 Å². The van der Waals surface area contributed by atoms with Gasteiger partial charge < -0.3 is 10.1 Å². The molecule has 1 heterocycles. The predicted octanol–water partition coefficient (Wildman–Crippen LogP) is 2.00. The molecule has 104 valence electrons. The van der Waals surface area contributed by atoms with Crippen LogP contribution in [-0.4, -0.2) is 35.6 Å². The SMILES string of the molecule is CCOC(C(Cc1ccn(C)n1)NC)C(C)(C)C. The van der Waals surface area contributed by atoms with Crippen molar-refractivity contribution in [2.45, 2.75) is 46.3 Å². The largest absolute Gasteiger partial charge is 0.376 e. The number of hydrogen-bond acceptors (Lipinski definition) is 3. The highest BCUT2D eigenvalue weighted by Gasteiger charge is 2.32. The van der Waals surface area contributed by atoms with E-state index in [0.29, 0.717) is 0 Å². The number of rotatable bonds is 6. The molecule has 1 rings (SSSR count). The highest BCUT2D eigenvalue weighted by molar-refractivity contribution is 5.03. The quantitative estimate of drug-likeness (QED) is 0.843. The lowest BCUT2D eigenvalue weighted by Gasteiger charge is -2.36. The van der Waals surface area contributed by atoms with Gasteiger partial charge in [-0.3, -0.25) is 4.68 Å². The Morgan fingerprint density at radius 3 is 2.50 bits per heavy atom. The standard InChI is InChI=1S/C14H27N3O/c1-7-18-13(14(2,3)4)12(15-5)10-11-8-9-17(6)16-11/h8-9,12-13,15H,7,10H2,1-6H3. The summed E-state index contributed by atoms with van der Waals surface area (Å²) in [5.41, 5.74) is 1.21. The van der Waals surface area contributed by atoms with Crippen molar-refractivity contribution >= 4 is 0 Å². The molecule has 1 N–H and O–H groups in total. The van der Waals surface area contributed by atoms with E-state index >= 15 is 0 Å². The van der Waals surface area contributed by atoms with Gasteiger partial charge in [-0.1, -0.05) is 20.8 Å². The molecular formula is C14H27N3O. The van der Waals surface area contributed by atoms with Crippen molar-refractivity contribution < 1.29 is 4.74 Å². The topological polar surface area (TPSA) is 39.1 Å². The average molecular weight is 253 g/mol. The molecule has 0 aliphatic rings. The molecule has 2 atom stereocenters. The number of hydrogen-bond donors (Lipinski definition) is 1. The zero-order valence-electron chi connectivity index (χ0n) is 12.5. The molecule has 0 amide bonds. The second-order valence-electron chi connectivity index (χ2n) is 5.82. The minimum atomic E-state index is 0.110. The van der Waals surface area contributed by atoms with Crippen LogP contribution in [0.5, 0.6) is 0 Å². The highest BCUT2D eigenvalue weighted by atomic mass is 16.5. The van der Waals surface area contributed by atoms with Gasteiger partial charge >= 0.3 is 0 Å². The molecule has 0 fully saturated rings. The van der Waals surface area contributed by atoms with E-state index in [1.54, 1.807) is 0 Å². The van der Waals surface area contributed by atoms with Crippen LogP contribution in [0.15, 0.2) is 12.3 Å². The number of nitrogens with zero attached hydrogens (tertiary/aromatic N) is 2. The van der Waals surface area contributed by atoms with E-state index < -0.39 is 0 Å². The molecular weight excluding hydrogens is 226 g/mol. The summed E-state index contributed by atoms with van der Waals surface area (Å²) in [6.45, 7) is 9.44. The summed E-state index contributed by atoms with van der Waals surface area (Å²) in [6, 6.07) is 2.34. The summed E-state index contributed by atoms with van der Waals surface area (Å²) in [6.07, 6.45) is 3.04. The Kier molecular flexibility index (Phi) is 5.35. The third-order valence-electron chi connectivity index (χ3n) is 3.13. The maximum absolute atomic E-state index is 5.94. The first-order chi connectivity index (χ1) is 8.38. The van der Waals surface area contributed by atoms with Crippen LogP contribution in [0, 0.1) is 5.41 Å². The third-order valence-corrected chi connectivity index (χ3v) is 3.13. The summed E-state index contributed by atoms with van der Waals surface area (Å²) in [7, 11) is 3.94. The second kappa shape index (κ2) is 6.34. The number of ether oxygens (including phenoxy) is 1. The van der Waals surface area contributed by atoms with Gasteiger partial charge in [-0.15, -0.1) is 0 Å². The molecule has 0 radical (unpaired) electrons. The number of aromatic nitrogens is 2. The second-order valence-corrected chi connectivity index (χ2v) is 5.82. The normalized spacial score (nSPS) is 15.7. The fourth-order valence-corrected chi connectivity index (χ4v) is 2.31. The van der Waals surface area contributed by atoms with Crippen molar-refractivity contribution in [1.82, 2.24) is 15.1 Å². The average Bonchev–Trinajstić information content (AvgIpc) is 2.67. The van der Waals surface area contributed by atoms with E-state index in [9.17, 15) is 0 Å². The highest BCUT2D eigenvalue weighted by Crippen LogP contribution is 2.26. The summed E-state index contributed by atoms with van der Waals surface area (Å²) in [4.78, 5) is 0. The molecule has 2 unspecified atom stereocenters. The maximum atomic E-state index is 5.94. The molecule has 18 heavy (non-hydrogen) atoms. The zero-order chi connectivity index (χ0) is 13.8. The van der Waals surface area contributed by atoms with Crippen LogP contribution in [0.1, 0.15) is 33.4 Å². The lowest BCUT2D eigenvalue weighted by atomic mass is 9.83. The minimum absolute atomic E-state index is 0.110. The van der Waals surface area contributed by atoms with Gasteiger partial charge in [-0.2, -0.15) is 5.10 Å². The Balaban J connectivity index is 2.79. The molecule has 1 aromatic rings. The Bertz CT molecular complexity index is 354. The van der Waals surface area contributed by atoms with Gasteiger partial charge in [0.15, 0.2) is 0 Å². The van der Waals surface area contributed by atoms with Gasteiger partial charge in [0.2, 0.25) is 0 Å². The van der Waals surface area contributed by atoms with Crippen LogP contribution in [0.2, 0.25) is 0 Å². The van der Waals surface area contributed by atoms with Gasteiger partial charge in [0, 0.05) is 32.3 Å². The van der Waals surface area contributed by atoms with Crippen LogP contribution >= 0.6 is 0 Å². The minimum Gasteiger partial charge on any atom is -0.376 e. The number of nitrogens with one attached hydrogen (secondary N) is 1. The first-order valence-electron chi connectivity index (χ1n) is 6.65. The van der Waals surface area contributed by atoms with Crippen LogP contribution < -0.4 is 5.32 Å². The van der Waals surface area contributed by atoms with Crippen LogP contribution in [-0.2, 0) is 18.2 Å². The number of aryl methyl sites for hydroxylation is 1. The number of likely N-dealkylation sites (N-methyl/N-ethyl adjacent to an activating group) is 1. The van der Waals surface area contributed by atoms with Crippen molar-refractivity contribution in [2.75, 3.05) is 13.7 Å². The van der Waals surface area contributed by atoms with Gasteiger partial charge in [-0.05, 0) is 25.5 Å². The van der Waals surface area contributed by atoms with E-state index in [-0.39, 0.29) is 17.6 Å². The van der Waals surface area contributed by atoms with Crippen molar-refractivity contribution in [3.63, 3.8) is 0 Å². The summed E-state index contributed by atoms with van der Waals surface area (Å²) >= 11 is 0. The van der Waals surface area contributed by atoms with Gasteiger partial charge in [0.25, 0.3) is 0 Å². The Hall–Kier alpha value is -0.870. The van der Waals surface area contributed by atoms with Gasteiger partial charge in [0.05, 0.1) is 11.8 Å². The van der Waals surface area contributed by atoms with Crippen LogP contribution in [0.3, 0.4) is 0 Å². The van der Waals surface area contributed by atoms with E-state index in [0.717, 1.165) is 18.7 Å². The molecule has 1 aromatic heterocycles. The Morgan fingerprint density at radius 2 is 2.11 bits per heavy atom. The first kappa shape index (κ1) is 15.2. The molecule has 4 nitrogen and oxygen atoms in total. The Morgan fingerprint density at radius 1 is 1.44 bits per heavy atom. The molecule has 0 aromatic carbocycles. The fourth-order valence-electron chi connectivity index (χ4n) is 2.31. The molecule has 0 saturated carbocycles. The van der Waals surface area contributed by atoms with E-state index in [4.69, 9.17) is 4.74 Å². The Labute approximate surface area is 111 Å². The smallest absolute Gasteiger partial charge is 0.0779 e. The van der Waals surface area contributed by atoms with Gasteiger partial charge in [-0.25, -0.2) is 0 Å². The van der Waals surface area contributed by atoms with Crippen LogP contribution in [0.4, 0.5) is 0 Å². The van der Waals surface area contributed by atoms with Crippen molar-refractivity contribution in [3.8, 4) is 0 Å². The molecule has 0 spiro atoms. The summed E-state index contributed by atoms with van der Waals surface area (Å²) < 4.78 is 7.78. The molecule has 0 bridgehead atoms. The third kappa shape index (κ3) is 4.10. The molecule has 0 aliphatic heterocycles. The lowest BCUT2D eigenvalue weighted by molar-refractivity contribution is -0.0342. The predicted molar refractivity (Wildman–Crippen MR) is 74.6 cm³/mol. The first-order valence-corrected chi connectivity index (χ1v) is 6.65. The van der Waals surface area contributed by atoms with Gasteiger partial charge in [0.1, 0.15) is 0 Å². The summed E-state index contributed by atoms with van der Waals surface area (Å²) in [5, 5.41) is 7.82. The fraction of sp³-hybridized carbons (Fsp3) is 0.786. The van der Waals surface area contributed by atoms with E-state index in [2.05, 4.69) is 37.3 Å². The monoisotopic (exact) mass is 253 g/mol. The van der Waals surface area contributed by atoms with Crippen molar-refractivity contribution in [2.24, 2.45) is 12.5 Å². The molecule has 0 aliphatic carbocycles. The van der Waals surface area contributed by atoms with E-state index in [1.165, 1.54) is 0 Å². The lowest BCUT2D eigenvalue weighted by Crippen LogP contribution is -2.48. The zero-order valence-corrected chi connectivity index (χ0v) is 12.5. The van der Waals surface area contributed by atoms with Crippen molar-refractivity contribution in [1.29, 1.82) is 0 Å². The molecule has 4 heteroatoms. The van der Waals surface area contributed by atoms with E-state index in [1.807, 2.05) is 31.9 Å². The summed E-state index contributed by atoms with van der Waals surface area (Å²) in [5.74, 6) is 0. The maximum Gasteiger partial charge on any atom is 0.0779 e.